The highest BCUT2D eigenvalue weighted by molar-refractivity contribution is 7.99. The number of rotatable bonds is 7. The van der Waals surface area contributed by atoms with Crippen molar-refractivity contribution >= 4 is 35.1 Å². The molecule has 1 aliphatic rings. The topological polar surface area (TPSA) is 98.6 Å². The van der Waals surface area contributed by atoms with E-state index < -0.39 is 6.09 Å². The minimum Gasteiger partial charge on any atom is -0.497 e. The number of hydrogen-bond donors (Lipinski definition) is 1. The molecular weight excluding hydrogens is 418 g/mol. The Labute approximate surface area is 183 Å². The van der Waals surface area contributed by atoms with Gasteiger partial charge in [-0.15, -0.1) is 10.2 Å². The van der Waals surface area contributed by atoms with Crippen molar-refractivity contribution in [2.24, 2.45) is 0 Å². The monoisotopic (exact) mass is 439 g/mol. The Hall–Kier alpha value is -3.53. The number of amides is 2. The van der Waals surface area contributed by atoms with E-state index >= 15 is 0 Å². The van der Waals surface area contributed by atoms with Crippen molar-refractivity contribution in [1.82, 2.24) is 14.8 Å². The molecule has 0 spiro atoms. The number of nitrogens with one attached hydrogen (secondary N) is 1. The summed E-state index contributed by atoms with van der Waals surface area (Å²) in [5.74, 6) is 1.38. The summed E-state index contributed by atoms with van der Waals surface area (Å²) in [4.78, 5) is 26.0. The third-order valence-corrected chi connectivity index (χ3v) is 5.62. The lowest BCUT2D eigenvalue weighted by Gasteiger charge is -2.17. The Morgan fingerprint density at radius 2 is 1.97 bits per heavy atom. The van der Waals surface area contributed by atoms with E-state index in [0.717, 1.165) is 11.4 Å². The number of carbonyl (C=O) groups is 2. The van der Waals surface area contributed by atoms with Crippen LogP contribution >= 0.6 is 11.8 Å². The standard InChI is InChI=1S/C21H21N5O4S/c1-14-23-24-20(26(14)15-7-9-16(29-2)10-8-15)31-13-19(27)22-17-5-3-4-6-18(17)25-11-12-30-21(25)28/h3-10H,11-13H2,1-2H3,(H,22,27). The van der Waals surface area contributed by atoms with Gasteiger partial charge in [-0.05, 0) is 43.3 Å². The van der Waals surface area contributed by atoms with Gasteiger partial charge in [0.15, 0.2) is 5.16 Å². The van der Waals surface area contributed by atoms with Crippen molar-refractivity contribution in [3.05, 3.63) is 54.4 Å². The summed E-state index contributed by atoms with van der Waals surface area (Å²) in [6, 6.07) is 14.7. The van der Waals surface area contributed by atoms with Crippen LogP contribution in [-0.2, 0) is 9.53 Å². The van der Waals surface area contributed by atoms with Crippen molar-refractivity contribution < 1.29 is 19.1 Å². The molecule has 1 saturated heterocycles. The maximum atomic E-state index is 12.6. The van der Waals surface area contributed by atoms with E-state index in [2.05, 4.69) is 15.5 Å². The number of aryl methyl sites for hydroxylation is 1. The molecule has 0 aliphatic carbocycles. The number of anilines is 2. The minimum absolute atomic E-state index is 0.132. The lowest BCUT2D eigenvalue weighted by molar-refractivity contribution is -0.113. The molecule has 4 rings (SSSR count). The van der Waals surface area contributed by atoms with Gasteiger partial charge in [0, 0.05) is 5.69 Å². The fourth-order valence-electron chi connectivity index (χ4n) is 3.21. The zero-order valence-electron chi connectivity index (χ0n) is 17.1. The number of hydrogen-bond acceptors (Lipinski definition) is 7. The number of benzene rings is 2. The molecule has 0 unspecified atom stereocenters. The predicted octanol–water partition coefficient (Wildman–Crippen LogP) is 3.27. The van der Waals surface area contributed by atoms with Crippen LogP contribution < -0.4 is 15.0 Å². The molecule has 31 heavy (non-hydrogen) atoms. The summed E-state index contributed by atoms with van der Waals surface area (Å²) in [5, 5.41) is 11.8. The number of thioether (sulfide) groups is 1. The normalized spacial score (nSPS) is 13.2. The molecule has 2 aromatic carbocycles. The van der Waals surface area contributed by atoms with E-state index in [0.29, 0.717) is 35.5 Å². The van der Waals surface area contributed by atoms with E-state index in [1.165, 1.54) is 16.7 Å². The van der Waals surface area contributed by atoms with Crippen LogP contribution in [0.25, 0.3) is 5.69 Å². The Bertz CT molecular complexity index is 1100. The second-order valence-corrected chi connectivity index (χ2v) is 7.63. The van der Waals surface area contributed by atoms with Crippen molar-refractivity contribution in [3.8, 4) is 11.4 Å². The van der Waals surface area contributed by atoms with E-state index in [4.69, 9.17) is 9.47 Å². The molecule has 1 aromatic heterocycles. The number of aromatic nitrogens is 3. The van der Waals surface area contributed by atoms with Crippen molar-refractivity contribution in [2.75, 3.05) is 36.2 Å². The molecule has 2 heterocycles. The fourth-order valence-corrected chi connectivity index (χ4v) is 4.01. The van der Waals surface area contributed by atoms with Gasteiger partial charge < -0.3 is 14.8 Å². The molecular formula is C21H21N5O4S. The number of cyclic esters (lactones) is 1. The molecule has 1 N–H and O–H groups in total. The predicted molar refractivity (Wildman–Crippen MR) is 117 cm³/mol. The van der Waals surface area contributed by atoms with Crippen LogP contribution in [0.5, 0.6) is 5.75 Å². The zero-order valence-corrected chi connectivity index (χ0v) is 17.9. The van der Waals surface area contributed by atoms with Gasteiger partial charge in [0.25, 0.3) is 0 Å². The molecule has 1 fully saturated rings. The highest BCUT2D eigenvalue weighted by Crippen LogP contribution is 2.29. The average molecular weight is 439 g/mol. The Balaban J connectivity index is 1.45. The van der Waals surface area contributed by atoms with Gasteiger partial charge in [0.2, 0.25) is 5.91 Å². The summed E-state index contributed by atoms with van der Waals surface area (Å²) in [6.45, 7) is 2.63. The van der Waals surface area contributed by atoms with Gasteiger partial charge >= 0.3 is 6.09 Å². The molecule has 0 bridgehead atoms. The molecule has 1 aliphatic heterocycles. The maximum Gasteiger partial charge on any atom is 0.414 e. The summed E-state index contributed by atoms with van der Waals surface area (Å²) >= 11 is 1.28. The molecule has 9 nitrogen and oxygen atoms in total. The highest BCUT2D eigenvalue weighted by atomic mass is 32.2. The first-order valence-electron chi connectivity index (χ1n) is 9.59. The zero-order chi connectivity index (χ0) is 21.8. The van der Waals surface area contributed by atoms with Crippen LogP contribution in [0, 0.1) is 6.92 Å². The number of para-hydroxylation sites is 2. The van der Waals surface area contributed by atoms with Gasteiger partial charge in [-0.2, -0.15) is 0 Å². The average Bonchev–Trinajstić information content (AvgIpc) is 3.38. The fraction of sp³-hybridized carbons (Fsp3) is 0.238. The quantitative estimate of drug-likeness (QED) is 0.564. The number of ether oxygens (including phenoxy) is 2. The lowest BCUT2D eigenvalue weighted by atomic mass is 10.2. The lowest BCUT2D eigenvalue weighted by Crippen LogP contribution is -2.25. The summed E-state index contributed by atoms with van der Waals surface area (Å²) in [5.41, 5.74) is 2.05. The van der Waals surface area contributed by atoms with Crippen molar-refractivity contribution in [2.45, 2.75) is 12.1 Å². The molecule has 2 amide bonds. The highest BCUT2D eigenvalue weighted by Gasteiger charge is 2.26. The molecule has 0 saturated carbocycles. The minimum atomic E-state index is -0.417. The summed E-state index contributed by atoms with van der Waals surface area (Å²) < 4.78 is 12.1. The molecule has 0 atom stereocenters. The largest absolute Gasteiger partial charge is 0.497 e. The Kier molecular flexibility index (Phi) is 6.08. The SMILES string of the molecule is COc1ccc(-n2c(C)nnc2SCC(=O)Nc2ccccc2N2CCOC2=O)cc1. The van der Waals surface area contributed by atoms with Crippen LogP contribution in [0.1, 0.15) is 5.82 Å². The van der Waals surface area contributed by atoms with Crippen LogP contribution in [0.15, 0.2) is 53.7 Å². The Morgan fingerprint density at radius 1 is 1.19 bits per heavy atom. The van der Waals surface area contributed by atoms with Crippen LogP contribution in [0.4, 0.5) is 16.2 Å². The van der Waals surface area contributed by atoms with E-state index in [9.17, 15) is 9.59 Å². The number of methoxy groups -OCH3 is 1. The van der Waals surface area contributed by atoms with E-state index in [-0.39, 0.29) is 11.7 Å². The van der Waals surface area contributed by atoms with Crippen LogP contribution in [0.3, 0.4) is 0 Å². The van der Waals surface area contributed by atoms with Crippen molar-refractivity contribution in [3.63, 3.8) is 0 Å². The molecule has 0 radical (unpaired) electrons. The van der Waals surface area contributed by atoms with Gasteiger partial charge in [-0.1, -0.05) is 23.9 Å². The molecule has 3 aromatic rings. The Morgan fingerprint density at radius 3 is 2.68 bits per heavy atom. The number of carbonyl (C=O) groups excluding carboxylic acids is 2. The molecule has 160 valence electrons. The second-order valence-electron chi connectivity index (χ2n) is 6.68. The van der Waals surface area contributed by atoms with E-state index in [1.807, 2.05) is 41.8 Å². The first kappa shape index (κ1) is 20.7. The third kappa shape index (κ3) is 4.48. The molecule has 10 heteroatoms. The van der Waals surface area contributed by atoms with Crippen molar-refractivity contribution in [1.29, 1.82) is 0 Å². The maximum absolute atomic E-state index is 12.6. The summed E-state index contributed by atoms with van der Waals surface area (Å²) in [7, 11) is 1.61. The first-order chi connectivity index (χ1) is 15.1. The van der Waals surface area contributed by atoms with Gasteiger partial charge in [-0.25, -0.2) is 4.79 Å². The van der Waals surface area contributed by atoms with Gasteiger partial charge in [-0.3, -0.25) is 14.3 Å². The van der Waals surface area contributed by atoms with Gasteiger partial charge in [0.1, 0.15) is 18.2 Å². The van der Waals surface area contributed by atoms with Crippen LogP contribution in [-0.4, -0.2) is 52.8 Å². The summed E-state index contributed by atoms with van der Waals surface area (Å²) in [6.07, 6.45) is -0.417. The first-order valence-corrected chi connectivity index (χ1v) is 10.6. The number of nitrogens with zero attached hydrogens (tertiary/aromatic N) is 4. The third-order valence-electron chi connectivity index (χ3n) is 4.69. The second kappa shape index (κ2) is 9.09. The van der Waals surface area contributed by atoms with Gasteiger partial charge in [0.05, 0.1) is 30.8 Å². The smallest absolute Gasteiger partial charge is 0.414 e. The van der Waals surface area contributed by atoms with Crippen LogP contribution in [0.2, 0.25) is 0 Å². The van der Waals surface area contributed by atoms with E-state index in [1.54, 1.807) is 25.3 Å².